The summed E-state index contributed by atoms with van der Waals surface area (Å²) in [5.41, 5.74) is 1.91. The van der Waals surface area contributed by atoms with E-state index in [9.17, 15) is 13.6 Å². The topological polar surface area (TPSA) is 75.5 Å². The van der Waals surface area contributed by atoms with E-state index in [0.29, 0.717) is 44.4 Å². The summed E-state index contributed by atoms with van der Waals surface area (Å²) >= 11 is 0. The molecule has 33 heavy (non-hydrogen) atoms. The van der Waals surface area contributed by atoms with E-state index >= 15 is 0 Å². The second-order valence-corrected chi connectivity index (χ2v) is 7.69. The normalized spacial score (nSPS) is 13.8. The monoisotopic (exact) mass is 456 g/mol. The first-order valence-corrected chi connectivity index (χ1v) is 10.8. The molecule has 0 spiro atoms. The number of hydrogen-bond acceptors (Lipinski definition) is 5. The van der Waals surface area contributed by atoms with Gasteiger partial charge in [0.05, 0.1) is 6.61 Å². The zero-order chi connectivity index (χ0) is 23.4. The van der Waals surface area contributed by atoms with Crippen LogP contribution in [0.2, 0.25) is 0 Å². The molecule has 1 saturated heterocycles. The fourth-order valence-corrected chi connectivity index (χ4v) is 3.75. The molecule has 1 aliphatic heterocycles. The molecule has 174 valence electrons. The predicted octanol–water partition coefficient (Wildman–Crippen LogP) is 3.28. The summed E-state index contributed by atoms with van der Waals surface area (Å²) in [6.45, 7) is 6.49. The lowest BCUT2D eigenvalue weighted by atomic mass is 10.2. The predicted molar refractivity (Wildman–Crippen MR) is 120 cm³/mol. The van der Waals surface area contributed by atoms with Gasteiger partial charge < -0.3 is 19.9 Å². The van der Waals surface area contributed by atoms with Crippen LogP contribution in [0.4, 0.5) is 19.3 Å². The fraction of sp³-hybridized carbons (Fsp3) is 0.348. The number of ether oxygens (including phenoxy) is 1. The number of nitrogens with one attached hydrogen (secondary N) is 1. The Morgan fingerprint density at radius 2 is 1.91 bits per heavy atom. The smallest absolute Gasteiger partial charge is 0.317 e. The molecular weight excluding hydrogens is 430 g/mol. The van der Waals surface area contributed by atoms with Crippen LogP contribution in [0, 0.1) is 18.6 Å². The Kier molecular flexibility index (Phi) is 6.71. The Labute approximate surface area is 190 Å². The molecule has 0 radical (unpaired) electrons. The molecule has 10 heteroatoms. The lowest BCUT2D eigenvalue weighted by Crippen LogP contribution is -2.51. The van der Waals surface area contributed by atoms with Gasteiger partial charge in [0.2, 0.25) is 0 Å². The van der Waals surface area contributed by atoms with E-state index in [-0.39, 0.29) is 18.1 Å². The zero-order valence-corrected chi connectivity index (χ0v) is 18.6. The van der Waals surface area contributed by atoms with Crippen molar-refractivity contribution < 1.29 is 18.3 Å². The molecule has 0 bridgehead atoms. The van der Waals surface area contributed by atoms with Gasteiger partial charge in [-0.25, -0.2) is 23.2 Å². The molecule has 1 aliphatic rings. The van der Waals surface area contributed by atoms with E-state index in [1.807, 2.05) is 32.0 Å². The number of hydrogen-bond donors (Lipinski definition) is 1. The summed E-state index contributed by atoms with van der Waals surface area (Å²) in [5, 5.41) is 7.03. The number of aromatic nitrogens is 3. The molecular formula is C23H26F2N6O2. The van der Waals surface area contributed by atoms with Crippen LogP contribution < -0.4 is 15.0 Å². The Balaban J connectivity index is 1.37. The van der Waals surface area contributed by atoms with E-state index in [0.717, 1.165) is 29.6 Å². The summed E-state index contributed by atoms with van der Waals surface area (Å²) in [7, 11) is 0. The minimum atomic E-state index is -0.545. The maximum atomic E-state index is 13.8. The number of nitrogens with zero attached hydrogens (tertiary/aromatic N) is 5. The highest BCUT2D eigenvalue weighted by molar-refractivity contribution is 5.74. The number of anilines is 1. The number of amides is 2. The van der Waals surface area contributed by atoms with Crippen LogP contribution in [0.5, 0.6) is 5.75 Å². The first-order chi connectivity index (χ1) is 15.9. The van der Waals surface area contributed by atoms with Crippen LogP contribution in [0.25, 0.3) is 5.69 Å². The van der Waals surface area contributed by atoms with Gasteiger partial charge in [0, 0.05) is 50.0 Å². The van der Waals surface area contributed by atoms with Crippen LogP contribution in [0.1, 0.15) is 18.3 Å². The molecule has 1 aromatic heterocycles. The minimum Gasteiger partial charge on any atom is -0.492 e. The SMILES string of the molecule is CCOc1cc(N2CCN(C(=O)NCc3cc(F)ccc3F)CC2)ccc1-n1cnc(C)n1. The van der Waals surface area contributed by atoms with Crippen molar-refractivity contribution in [3.05, 3.63) is 65.7 Å². The average Bonchev–Trinajstić information content (AvgIpc) is 3.25. The van der Waals surface area contributed by atoms with Gasteiger partial charge in [0.1, 0.15) is 35.2 Å². The van der Waals surface area contributed by atoms with Crippen LogP contribution in [0.15, 0.2) is 42.7 Å². The molecule has 1 fully saturated rings. The van der Waals surface area contributed by atoms with Gasteiger partial charge in [0.15, 0.2) is 0 Å². The van der Waals surface area contributed by atoms with Gasteiger partial charge in [-0.05, 0) is 44.2 Å². The van der Waals surface area contributed by atoms with E-state index in [1.165, 1.54) is 0 Å². The number of carbonyl (C=O) groups excluding carboxylic acids is 1. The van der Waals surface area contributed by atoms with Gasteiger partial charge in [0.25, 0.3) is 0 Å². The van der Waals surface area contributed by atoms with Crippen molar-refractivity contribution in [3.63, 3.8) is 0 Å². The first-order valence-electron chi connectivity index (χ1n) is 10.8. The van der Waals surface area contributed by atoms with Crippen molar-refractivity contribution in [3.8, 4) is 11.4 Å². The third kappa shape index (κ3) is 5.21. The Morgan fingerprint density at radius 1 is 1.12 bits per heavy atom. The molecule has 3 aromatic rings. The highest BCUT2D eigenvalue weighted by Crippen LogP contribution is 2.29. The van der Waals surface area contributed by atoms with Crippen molar-refractivity contribution in [2.24, 2.45) is 0 Å². The highest BCUT2D eigenvalue weighted by atomic mass is 19.1. The molecule has 2 aromatic carbocycles. The Bertz CT molecular complexity index is 1130. The lowest BCUT2D eigenvalue weighted by molar-refractivity contribution is 0.193. The second-order valence-electron chi connectivity index (χ2n) is 7.69. The third-order valence-electron chi connectivity index (χ3n) is 5.47. The molecule has 4 rings (SSSR count). The number of aryl methyl sites for hydroxylation is 1. The number of halogens is 2. The number of piperazine rings is 1. The summed E-state index contributed by atoms with van der Waals surface area (Å²) in [4.78, 5) is 20.5. The van der Waals surface area contributed by atoms with Gasteiger partial charge in [-0.1, -0.05) is 0 Å². The number of benzene rings is 2. The molecule has 2 heterocycles. The summed E-state index contributed by atoms with van der Waals surface area (Å²) in [5.74, 6) is 0.301. The van der Waals surface area contributed by atoms with Crippen molar-refractivity contribution in [2.45, 2.75) is 20.4 Å². The van der Waals surface area contributed by atoms with E-state index in [1.54, 1.807) is 15.9 Å². The van der Waals surface area contributed by atoms with E-state index < -0.39 is 11.6 Å². The highest BCUT2D eigenvalue weighted by Gasteiger charge is 2.22. The van der Waals surface area contributed by atoms with Crippen molar-refractivity contribution >= 4 is 11.7 Å². The van der Waals surface area contributed by atoms with Crippen LogP contribution >= 0.6 is 0 Å². The maximum Gasteiger partial charge on any atom is 0.317 e. The van der Waals surface area contributed by atoms with Crippen molar-refractivity contribution in [1.82, 2.24) is 25.0 Å². The van der Waals surface area contributed by atoms with Crippen LogP contribution in [-0.4, -0.2) is 58.5 Å². The van der Waals surface area contributed by atoms with Gasteiger partial charge in [-0.2, -0.15) is 5.10 Å². The number of rotatable bonds is 6. The quantitative estimate of drug-likeness (QED) is 0.616. The Hall–Kier alpha value is -3.69. The zero-order valence-electron chi connectivity index (χ0n) is 18.6. The standard InChI is InChI=1S/C23H26F2N6O2/c1-3-33-22-13-19(5-7-21(22)31-15-27-16(2)28-31)29-8-10-30(11-9-29)23(32)26-14-17-12-18(24)4-6-20(17)25/h4-7,12-13,15H,3,8-11,14H2,1-2H3,(H,26,32). The summed E-state index contributed by atoms with van der Waals surface area (Å²) < 4.78 is 34.6. The van der Waals surface area contributed by atoms with Crippen molar-refractivity contribution in [1.29, 1.82) is 0 Å². The third-order valence-corrected chi connectivity index (χ3v) is 5.47. The van der Waals surface area contributed by atoms with Gasteiger partial charge >= 0.3 is 6.03 Å². The number of carbonyl (C=O) groups is 1. The van der Waals surface area contributed by atoms with E-state index in [2.05, 4.69) is 20.3 Å². The Morgan fingerprint density at radius 3 is 2.61 bits per heavy atom. The molecule has 1 N–H and O–H groups in total. The maximum absolute atomic E-state index is 13.8. The van der Waals surface area contributed by atoms with Gasteiger partial charge in [-0.15, -0.1) is 0 Å². The molecule has 0 saturated carbocycles. The molecule has 2 amide bonds. The molecule has 0 unspecified atom stereocenters. The van der Waals surface area contributed by atoms with Gasteiger partial charge in [-0.3, -0.25) is 0 Å². The minimum absolute atomic E-state index is 0.0659. The average molecular weight is 456 g/mol. The second kappa shape index (κ2) is 9.85. The summed E-state index contributed by atoms with van der Waals surface area (Å²) in [6.07, 6.45) is 1.65. The number of urea groups is 1. The van der Waals surface area contributed by atoms with E-state index in [4.69, 9.17) is 4.74 Å². The molecule has 0 aliphatic carbocycles. The summed E-state index contributed by atoms with van der Waals surface area (Å²) in [6, 6.07) is 8.81. The lowest BCUT2D eigenvalue weighted by Gasteiger charge is -2.36. The van der Waals surface area contributed by atoms with Crippen molar-refractivity contribution in [2.75, 3.05) is 37.7 Å². The fourth-order valence-electron chi connectivity index (χ4n) is 3.75. The molecule has 8 nitrogen and oxygen atoms in total. The van der Waals surface area contributed by atoms with Crippen LogP contribution in [0.3, 0.4) is 0 Å². The van der Waals surface area contributed by atoms with Crippen LogP contribution in [-0.2, 0) is 6.54 Å². The molecule has 0 atom stereocenters. The largest absolute Gasteiger partial charge is 0.492 e. The first kappa shape index (κ1) is 22.5.